The van der Waals surface area contributed by atoms with E-state index in [1.54, 1.807) is 0 Å². The molecule has 1 aromatic carbocycles. The van der Waals surface area contributed by atoms with Crippen LogP contribution >= 0.6 is 31.9 Å². The minimum absolute atomic E-state index is 1.11. The van der Waals surface area contributed by atoms with Gasteiger partial charge in [0.2, 0.25) is 0 Å². The molecule has 0 saturated carbocycles. The van der Waals surface area contributed by atoms with Crippen molar-refractivity contribution in [2.45, 2.75) is 19.6 Å². The third-order valence-corrected chi connectivity index (χ3v) is 4.04. The van der Waals surface area contributed by atoms with E-state index in [-0.39, 0.29) is 0 Å². The molecule has 0 aliphatic heterocycles. The van der Waals surface area contributed by atoms with Crippen molar-refractivity contribution in [1.29, 1.82) is 0 Å². The molecule has 0 aliphatic carbocycles. The van der Waals surface area contributed by atoms with Gasteiger partial charge >= 0.3 is 0 Å². The lowest BCUT2D eigenvalue weighted by molar-refractivity contribution is 1.55. The Morgan fingerprint density at radius 3 is 2.07 bits per heavy atom. The average Bonchev–Trinajstić information content (AvgIpc) is 2.01. The average molecular weight is 333 g/mol. The van der Waals surface area contributed by atoms with Crippen molar-refractivity contribution in [2.24, 2.45) is 0 Å². The van der Waals surface area contributed by atoms with E-state index in [0.717, 1.165) is 8.95 Å². The van der Waals surface area contributed by atoms with Gasteiger partial charge in [0.15, 0.2) is 0 Å². The summed E-state index contributed by atoms with van der Waals surface area (Å²) in [6.45, 7) is 6.82. The number of hydrogen-bond acceptors (Lipinski definition) is 0. The lowest BCUT2D eigenvalue weighted by Crippen LogP contribution is -2.16. The summed E-state index contributed by atoms with van der Waals surface area (Å²) in [7, 11) is -1.23. The Kier molecular flexibility index (Phi) is 4.16. The van der Waals surface area contributed by atoms with Crippen molar-refractivity contribution >= 4 is 46.0 Å². The zero-order chi connectivity index (χ0) is 10.8. The highest BCUT2D eigenvalue weighted by atomic mass is 79.9. The first-order chi connectivity index (χ1) is 6.40. The monoisotopic (exact) mass is 331 g/mol. The second-order valence-electron chi connectivity index (χ2n) is 4.17. The maximum Gasteiger partial charge on any atom is 0.0774 e. The minimum Gasteiger partial charge on any atom is -0.0656 e. The molecule has 0 nitrogen and oxygen atoms in total. The van der Waals surface area contributed by atoms with Crippen LogP contribution in [0.1, 0.15) is 5.56 Å². The van der Waals surface area contributed by atoms with E-state index < -0.39 is 8.07 Å². The maximum absolute atomic E-state index is 3.53. The predicted molar refractivity (Wildman–Crippen MR) is 72.9 cm³/mol. The van der Waals surface area contributed by atoms with Gasteiger partial charge < -0.3 is 0 Å². The van der Waals surface area contributed by atoms with Gasteiger partial charge in [-0.15, -0.1) is 0 Å². The molecule has 0 fully saturated rings. The molecule has 0 aliphatic rings. The van der Waals surface area contributed by atoms with E-state index in [1.165, 1.54) is 5.56 Å². The van der Waals surface area contributed by atoms with Crippen LogP contribution in [-0.4, -0.2) is 8.07 Å². The number of benzene rings is 1. The molecule has 0 unspecified atom stereocenters. The van der Waals surface area contributed by atoms with Crippen LogP contribution < -0.4 is 0 Å². The summed E-state index contributed by atoms with van der Waals surface area (Å²) in [6.07, 6.45) is 2.08. The first-order valence-electron chi connectivity index (χ1n) is 4.45. The lowest BCUT2D eigenvalue weighted by atomic mass is 10.2. The normalized spacial score (nSPS) is 12.4. The highest BCUT2D eigenvalue weighted by Crippen LogP contribution is 2.26. The van der Waals surface area contributed by atoms with E-state index in [2.05, 4.69) is 63.3 Å². The summed E-state index contributed by atoms with van der Waals surface area (Å²) < 4.78 is 2.22. The zero-order valence-electron chi connectivity index (χ0n) is 8.57. The van der Waals surface area contributed by atoms with E-state index in [0.29, 0.717) is 0 Å². The highest BCUT2D eigenvalue weighted by Gasteiger charge is 2.09. The zero-order valence-corrected chi connectivity index (χ0v) is 12.7. The molecule has 0 aromatic heterocycles. The third-order valence-electron chi connectivity index (χ3n) is 1.65. The first-order valence-corrected chi connectivity index (χ1v) is 9.54. The molecule has 14 heavy (non-hydrogen) atoms. The van der Waals surface area contributed by atoms with Crippen LogP contribution in [0.4, 0.5) is 0 Å². The second-order valence-corrected chi connectivity index (χ2v) is 10.7. The van der Waals surface area contributed by atoms with Gasteiger partial charge in [-0.2, -0.15) is 0 Å². The Morgan fingerprint density at radius 2 is 1.64 bits per heavy atom. The summed E-state index contributed by atoms with van der Waals surface area (Å²) in [6, 6.07) is 6.10. The minimum atomic E-state index is -1.23. The van der Waals surface area contributed by atoms with Crippen LogP contribution in [0.3, 0.4) is 0 Å². The van der Waals surface area contributed by atoms with Gasteiger partial charge in [0.05, 0.1) is 8.07 Å². The van der Waals surface area contributed by atoms with Gasteiger partial charge in [0.25, 0.3) is 0 Å². The van der Waals surface area contributed by atoms with Crippen LogP contribution in [-0.2, 0) is 0 Å². The fraction of sp³-hybridized carbons (Fsp3) is 0.273. The molecule has 3 heteroatoms. The number of hydrogen-bond donors (Lipinski definition) is 0. The Morgan fingerprint density at radius 1 is 1.14 bits per heavy atom. The molecule has 0 saturated heterocycles. The standard InChI is InChI=1S/C11H13Br2Si/c1-14(2,3)8-7-9-10(12)5-4-6-11(9)13/h4-7H,1-3H3. The second kappa shape index (κ2) is 4.77. The predicted octanol–water partition coefficient (Wildman–Crippen LogP) is 4.91. The van der Waals surface area contributed by atoms with Crippen molar-refractivity contribution in [3.63, 3.8) is 0 Å². The van der Waals surface area contributed by atoms with Gasteiger partial charge in [-0.25, -0.2) is 0 Å². The molecule has 0 bridgehead atoms. The molecule has 0 spiro atoms. The summed E-state index contributed by atoms with van der Waals surface area (Å²) in [5, 5.41) is 0. The SMILES string of the molecule is C[Si](C)(C)[C]=Cc1c(Br)cccc1Br. The van der Waals surface area contributed by atoms with Crippen LogP contribution in [0, 0.1) is 5.70 Å². The van der Waals surface area contributed by atoms with Crippen LogP contribution in [0.25, 0.3) is 6.08 Å². The number of rotatable bonds is 2. The molecular weight excluding hydrogens is 320 g/mol. The molecule has 1 aromatic rings. The van der Waals surface area contributed by atoms with E-state index >= 15 is 0 Å². The smallest absolute Gasteiger partial charge is 0.0656 e. The van der Waals surface area contributed by atoms with Gasteiger partial charge in [0, 0.05) is 14.5 Å². The Hall–Kier alpha value is 0.137. The topological polar surface area (TPSA) is 0 Å². The highest BCUT2D eigenvalue weighted by molar-refractivity contribution is 9.11. The lowest BCUT2D eigenvalue weighted by Gasteiger charge is -2.08. The Labute approximate surface area is 104 Å². The summed E-state index contributed by atoms with van der Waals surface area (Å²) >= 11 is 7.06. The van der Waals surface area contributed by atoms with Gasteiger partial charge in [-0.1, -0.05) is 69.3 Å². The molecule has 0 atom stereocenters. The molecule has 75 valence electrons. The largest absolute Gasteiger partial charge is 0.0774 e. The van der Waals surface area contributed by atoms with Crippen molar-refractivity contribution in [1.82, 2.24) is 0 Å². The quantitative estimate of drug-likeness (QED) is 0.675. The van der Waals surface area contributed by atoms with Gasteiger partial charge in [-0.05, 0) is 12.1 Å². The molecule has 0 N–H and O–H groups in total. The van der Waals surface area contributed by atoms with Gasteiger partial charge in [0.1, 0.15) is 0 Å². The fourth-order valence-corrected chi connectivity index (χ4v) is 2.74. The fourth-order valence-electron chi connectivity index (χ4n) is 0.937. The van der Waals surface area contributed by atoms with Gasteiger partial charge in [-0.3, -0.25) is 0 Å². The number of halogens is 2. The summed E-state index contributed by atoms with van der Waals surface area (Å²) in [5.41, 5.74) is 4.65. The first kappa shape index (κ1) is 12.2. The third kappa shape index (κ3) is 3.71. The van der Waals surface area contributed by atoms with E-state index in [4.69, 9.17) is 0 Å². The van der Waals surface area contributed by atoms with Crippen molar-refractivity contribution < 1.29 is 0 Å². The molecular formula is C11H13Br2Si. The molecule has 0 heterocycles. The maximum atomic E-state index is 3.53. The van der Waals surface area contributed by atoms with Crippen molar-refractivity contribution in [2.75, 3.05) is 0 Å². The van der Waals surface area contributed by atoms with Crippen molar-refractivity contribution in [3.8, 4) is 0 Å². The molecule has 1 rings (SSSR count). The van der Waals surface area contributed by atoms with Crippen LogP contribution in [0.15, 0.2) is 27.1 Å². The Bertz CT molecular complexity index is 331. The molecule has 0 amide bonds. The van der Waals surface area contributed by atoms with E-state index in [9.17, 15) is 0 Å². The van der Waals surface area contributed by atoms with Crippen LogP contribution in [0.2, 0.25) is 19.6 Å². The Balaban J connectivity index is 3.03. The van der Waals surface area contributed by atoms with Crippen molar-refractivity contribution in [3.05, 3.63) is 38.4 Å². The molecule has 1 radical (unpaired) electrons. The van der Waals surface area contributed by atoms with E-state index in [1.807, 2.05) is 18.2 Å². The summed E-state index contributed by atoms with van der Waals surface area (Å²) in [4.78, 5) is 0. The summed E-state index contributed by atoms with van der Waals surface area (Å²) in [5.74, 6) is 0. The van der Waals surface area contributed by atoms with Crippen LogP contribution in [0.5, 0.6) is 0 Å².